The number of methoxy groups -OCH3 is 1. The summed E-state index contributed by atoms with van der Waals surface area (Å²) in [5.74, 6) is -3.53. The summed E-state index contributed by atoms with van der Waals surface area (Å²) >= 11 is 5.92. The predicted molar refractivity (Wildman–Crippen MR) is 85.9 cm³/mol. The Morgan fingerprint density at radius 1 is 1.12 bits per heavy atom. The number of rotatable bonds is 4. The molecular weight excluding hydrogens is 400 g/mol. The SMILES string of the molecule is COc1c(C(=O)c2ccc(S(C)(=O)=O)cc2Cl)ccc(C(F)(F)F)c1F. The number of ketones is 1. The van der Waals surface area contributed by atoms with Crippen molar-refractivity contribution in [3.8, 4) is 5.75 Å². The Kier molecular flexibility index (Phi) is 5.34. The molecule has 0 amide bonds. The monoisotopic (exact) mass is 410 g/mol. The molecule has 0 saturated carbocycles. The minimum Gasteiger partial charge on any atom is -0.493 e. The Balaban J connectivity index is 2.59. The maximum Gasteiger partial charge on any atom is 0.419 e. The molecule has 0 unspecified atom stereocenters. The van der Waals surface area contributed by atoms with Gasteiger partial charge in [-0.1, -0.05) is 11.6 Å². The van der Waals surface area contributed by atoms with E-state index in [-0.39, 0.29) is 15.5 Å². The summed E-state index contributed by atoms with van der Waals surface area (Å²) < 4.78 is 80.1. The van der Waals surface area contributed by atoms with Gasteiger partial charge >= 0.3 is 6.18 Å². The van der Waals surface area contributed by atoms with Gasteiger partial charge in [-0.05, 0) is 30.3 Å². The minimum atomic E-state index is -4.96. The summed E-state index contributed by atoms with van der Waals surface area (Å²) in [5.41, 5.74) is -2.27. The van der Waals surface area contributed by atoms with E-state index >= 15 is 0 Å². The van der Waals surface area contributed by atoms with Gasteiger partial charge in [-0.3, -0.25) is 4.79 Å². The Morgan fingerprint density at radius 3 is 2.15 bits per heavy atom. The Hall–Kier alpha value is -2.13. The van der Waals surface area contributed by atoms with Crippen LogP contribution < -0.4 is 4.74 Å². The maximum absolute atomic E-state index is 14.1. The highest BCUT2D eigenvalue weighted by Gasteiger charge is 2.37. The average molecular weight is 411 g/mol. The van der Waals surface area contributed by atoms with Gasteiger partial charge in [0.1, 0.15) is 0 Å². The average Bonchev–Trinajstić information content (AvgIpc) is 2.51. The largest absolute Gasteiger partial charge is 0.493 e. The fourth-order valence-electron chi connectivity index (χ4n) is 2.21. The van der Waals surface area contributed by atoms with Crippen LogP contribution in [0.2, 0.25) is 5.02 Å². The van der Waals surface area contributed by atoms with Gasteiger partial charge in [0, 0.05) is 11.8 Å². The van der Waals surface area contributed by atoms with Gasteiger partial charge in [-0.25, -0.2) is 12.8 Å². The first kappa shape index (κ1) is 20.2. The van der Waals surface area contributed by atoms with Crippen molar-refractivity contribution in [3.05, 3.63) is 57.9 Å². The van der Waals surface area contributed by atoms with Crippen molar-refractivity contribution < 1.29 is 35.5 Å². The van der Waals surface area contributed by atoms with Crippen molar-refractivity contribution in [1.29, 1.82) is 0 Å². The lowest BCUT2D eigenvalue weighted by atomic mass is 10.00. The molecule has 140 valence electrons. The minimum absolute atomic E-state index is 0.149. The zero-order valence-corrected chi connectivity index (χ0v) is 14.9. The molecule has 0 heterocycles. The molecule has 0 saturated heterocycles. The van der Waals surface area contributed by atoms with Crippen LogP contribution in [0.1, 0.15) is 21.5 Å². The molecule has 26 heavy (non-hydrogen) atoms. The Bertz CT molecular complexity index is 984. The van der Waals surface area contributed by atoms with Crippen LogP contribution in [0.3, 0.4) is 0 Å². The second-order valence-electron chi connectivity index (χ2n) is 5.25. The van der Waals surface area contributed by atoms with Crippen molar-refractivity contribution in [3.63, 3.8) is 0 Å². The summed E-state index contributed by atoms with van der Waals surface area (Å²) in [5, 5.41) is -0.250. The van der Waals surface area contributed by atoms with Gasteiger partial charge in [0.05, 0.1) is 28.2 Å². The van der Waals surface area contributed by atoms with E-state index in [0.717, 1.165) is 37.6 Å². The molecule has 0 fully saturated rings. The molecule has 0 N–H and O–H groups in total. The number of ether oxygens (including phenoxy) is 1. The van der Waals surface area contributed by atoms with E-state index in [0.29, 0.717) is 6.07 Å². The van der Waals surface area contributed by atoms with Gasteiger partial charge < -0.3 is 4.74 Å². The molecule has 4 nitrogen and oxygen atoms in total. The smallest absolute Gasteiger partial charge is 0.419 e. The van der Waals surface area contributed by atoms with Crippen molar-refractivity contribution in [2.24, 2.45) is 0 Å². The molecule has 2 rings (SSSR count). The highest BCUT2D eigenvalue weighted by molar-refractivity contribution is 7.90. The highest BCUT2D eigenvalue weighted by Crippen LogP contribution is 2.37. The van der Waals surface area contributed by atoms with Crippen LogP contribution >= 0.6 is 11.6 Å². The third kappa shape index (κ3) is 3.83. The third-order valence-corrected chi connectivity index (χ3v) is 4.89. The van der Waals surface area contributed by atoms with E-state index in [1.165, 1.54) is 0 Å². The number of carbonyl (C=O) groups is 1. The zero-order chi connectivity index (χ0) is 19.9. The van der Waals surface area contributed by atoms with Crippen LogP contribution in [0.25, 0.3) is 0 Å². The van der Waals surface area contributed by atoms with E-state index in [4.69, 9.17) is 11.6 Å². The molecular formula is C16H11ClF4O4S. The summed E-state index contributed by atoms with van der Waals surface area (Å²) in [4.78, 5) is 12.4. The predicted octanol–water partition coefficient (Wildman–Crippen LogP) is 4.14. The molecule has 10 heteroatoms. The Labute approximate surface area is 151 Å². The number of hydrogen-bond acceptors (Lipinski definition) is 4. The quantitative estimate of drug-likeness (QED) is 0.561. The van der Waals surface area contributed by atoms with Crippen molar-refractivity contribution in [2.45, 2.75) is 11.1 Å². The highest BCUT2D eigenvalue weighted by atomic mass is 35.5. The lowest BCUT2D eigenvalue weighted by Crippen LogP contribution is -2.13. The molecule has 0 aliphatic heterocycles. The zero-order valence-electron chi connectivity index (χ0n) is 13.3. The second-order valence-corrected chi connectivity index (χ2v) is 7.67. The van der Waals surface area contributed by atoms with Gasteiger partial charge in [0.15, 0.2) is 27.2 Å². The molecule has 0 atom stereocenters. The summed E-state index contributed by atoms with van der Waals surface area (Å²) in [7, 11) is -2.66. The molecule has 0 radical (unpaired) electrons. The topological polar surface area (TPSA) is 60.4 Å². The molecule has 0 bridgehead atoms. The lowest BCUT2D eigenvalue weighted by molar-refractivity contribution is -0.140. The van der Waals surface area contributed by atoms with Crippen molar-refractivity contribution in [1.82, 2.24) is 0 Å². The molecule has 0 spiro atoms. The van der Waals surface area contributed by atoms with Crippen LogP contribution in [-0.2, 0) is 16.0 Å². The first-order chi connectivity index (χ1) is 11.9. The number of benzene rings is 2. The standard InChI is InChI=1S/C16H11ClF4O4S/c1-25-15-10(5-6-11(13(15)18)16(19,20)21)14(22)9-4-3-8(7-12(9)17)26(2,23)24/h3-7H,1-2H3. The van der Waals surface area contributed by atoms with Crippen molar-refractivity contribution in [2.75, 3.05) is 13.4 Å². The normalized spacial score (nSPS) is 12.1. The first-order valence-corrected chi connectivity index (χ1v) is 9.13. The van der Waals surface area contributed by atoms with Gasteiger partial charge in [0.25, 0.3) is 0 Å². The van der Waals surface area contributed by atoms with Gasteiger partial charge in [0.2, 0.25) is 0 Å². The molecule has 2 aromatic carbocycles. The van der Waals surface area contributed by atoms with Crippen LogP contribution in [0.15, 0.2) is 35.2 Å². The first-order valence-electron chi connectivity index (χ1n) is 6.86. The molecule has 0 aromatic heterocycles. The number of hydrogen-bond donors (Lipinski definition) is 0. The Morgan fingerprint density at radius 2 is 1.69 bits per heavy atom. The van der Waals surface area contributed by atoms with E-state index in [2.05, 4.69) is 4.74 Å². The third-order valence-electron chi connectivity index (χ3n) is 3.46. The van der Waals surface area contributed by atoms with Crippen LogP contribution in [-0.4, -0.2) is 27.6 Å². The number of sulfone groups is 1. The maximum atomic E-state index is 14.1. The van der Waals surface area contributed by atoms with E-state index in [1.54, 1.807) is 0 Å². The molecule has 2 aromatic rings. The fraction of sp³-hybridized carbons (Fsp3) is 0.188. The lowest BCUT2D eigenvalue weighted by Gasteiger charge is -2.14. The summed E-state index contributed by atoms with van der Waals surface area (Å²) in [6.07, 6.45) is -4.03. The molecule has 0 aliphatic carbocycles. The summed E-state index contributed by atoms with van der Waals surface area (Å²) in [6, 6.07) is 4.42. The molecule has 0 aliphatic rings. The number of carbonyl (C=O) groups excluding carboxylic acids is 1. The van der Waals surface area contributed by atoms with Crippen LogP contribution in [0, 0.1) is 5.82 Å². The summed E-state index contributed by atoms with van der Waals surface area (Å²) in [6.45, 7) is 0. The van der Waals surface area contributed by atoms with Gasteiger partial charge in [-0.2, -0.15) is 13.2 Å². The van der Waals surface area contributed by atoms with Crippen LogP contribution in [0.4, 0.5) is 17.6 Å². The fourth-order valence-corrected chi connectivity index (χ4v) is 3.19. The van der Waals surface area contributed by atoms with E-state index < -0.39 is 44.5 Å². The number of alkyl halides is 3. The van der Waals surface area contributed by atoms with Gasteiger partial charge in [-0.15, -0.1) is 0 Å². The van der Waals surface area contributed by atoms with Crippen LogP contribution in [0.5, 0.6) is 5.75 Å². The number of halogens is 5. The second kappa shape index (κ2) is 6.88. The van der Waals surface area contributed by atoms with Crippen molar-refractivity contribution >= 4 is 27.2 Å². The van der Waals surface area contributed by atoms with E-state index in [1.807, 2.05) is 0 Å². The van der Waals surface area contributed by atoms with E-state index in [9.17, 15) is 30.8 Å².